The Morgan fingerprint density at radius 3 is 2.20 bits per heavy atom. The summed E-state index contributed by atoms with van der Waals surface area (Å²) in [5.74, 6) is 0.525. The van der Waals surface area contributed by atoms with Crippen LogP contribution in [0.3, 0.4) is 0 Å². The Bertz CT molecular complexity index is 2210. The number of rotatable bonds is 4. The molecule has 282 valence electrons. The second-order valence-corrected chi connectivity index (χ2v) is 20.2. The maximum absolute atomic E-state index is 14.8. The van der Waals surface area contributed by atoms with Gasteiger partial charge in [0.15, 0.2) is 0 Å². The van der Waals surface area contributed by atoms with Gasteiger partial charge in [0, 0.05) is 22.2 Å². The largest absolute Gasteiger partial charge is 0.478 e. The van der Waals surface area contributed by atoms with Crippen molar-refractivity contribution in [3.8, 4) is 11.1 Å². The fourth-order valence-electron chi connectivity index (χ4n) is 13.8. The monoisotopic (exact) mass is 722 g/mol. The average Bonchev–Trinajstić information content (AvgIpc) is 3.51. The van der Waals surface area contributed by atoms with Crippen LogP contribution in [0.1, 0.15) is 121 Å². The lowest BCUT2D eigenvalue weighted by Crippen LogP contribution is -2.65. The smallest absolute Gasteiger partial charge is 0.337 e. The summed E-state index contributed by atoms with van der Waals surface area (Å²) < 4.78 is 0. The van der Waals surface area contributed by atoms with Crippen molar-refractivity contribution in [3.05, 3.63) is 101 Å². The Labute approximate surface area is 321 Å². The molecule has 3 aromatic carbocycles. The Morgan fingerprint density at radius 2 is 1.48 bits per heavy atom. The highest BCUT2D eigenvalue weighted by Gasteiger charge is 2.69. The quantitative estimate of drug-likeness (QED) is 0.183. The molecule has 5 nitrogen and oxygen atoms in total. The van der Waals surface area contributed by atoms with Crippen LogP contribution in [-0.2, 0) is 16.6 Å². The molecule has 1 heterocycles. The lowest BCUT2D eigenvalue weighted by molar-refractivity contribution is -0.165. The van der Waals surface area contributed by atoms with Crippen molar-refractivity contribution in [3.63, 3.8) is 0 Å². The molecule has 1 aromatic heterocycles. The summed E-state index contributed by atoms with van der Waals surface area (Å²) in [6, 6.07) is 24.6. The zero-order valence-corrected chi connectivity index (χ0v) is 33.4. The summed E-state index contributed by atoms with van der Waals surface area (Å²) in [5.41, 5.74) is 8.30. The van der Waals surface area contributed by atoms with E-state index in [1.165, 1.54) is 23.2 Å². The topological polar surface area (TPSA) is 82.2 Å². The Balaban J connectivity index is 1.08. The molecule has 5 aliphatic carbocycles. The zero-order chi connectivity index (χ0) is 38.1. The highest BCUT2D eigenvalue weighted by atomic mass is 16.4. The van der Waals surface area contributed by atoms with Gasteiger partial charge in [-0.3, -0.25) is 4.79 Å². The third-order valence-corrected chi connectivity index (χ3v) is 16.8. The minimum absolute atomic E-state index is 0.00417. The van der Waals surface area contributed by atoms with Crippen molar-refractivity contribution in [2.75, 3.05) is 5.32 Å². The number of allylic oxidation sites excluding steroid dienone is 2. The van der Waals surface area contributed by atoms with Gasteiger partial charge in [0.2, 0.25) is 5.91 Å². The Hall–Kier alpha value is -4.12. The summed E-state index contributed by atoms with van der Waals surface area (Å²) in [7, 11) is 0. The van der Waals surface area contributed by atoms with E-state index in [0.29, 0.717) is 17.4 Å². The SMILES string of the molecule is CC1(C)CC[C@]2(C(=O)Nc3ccc(-c4ccccc4)cc3)CC[C@]3(C)C(=CC[C@@H]4[C@@]5(C)Cc6c([nH]c7c(C(=O)O)cccc67)C(C)(C)[C@@H]5CC[C@]43C)[C@@H]2C1. The number of carbonyl (C=O) groups excluding carboxylic acids is 1. The lowest BCUT2D eigenvalue weighted by atomic mass is 9.33. The third kappa shape index (κ3) is 4.81. The molecule has 7 atom stereocenters. The summed E-state index contributed by atoms with van der Waals surface area (Å²) in [5, 5.41) is 14.6. The molecule has 5 heteroatoms. The van der Waals surface area contributed by atoms with E-state index in [0.717, 1.165) is 73.5 Å². The van der Waals surface area contributed by atoms with Gasteiger partial charge in [-0.05, 0) is 132 Å². The lowest BCUT2D eigenvalue weighted by Gasteiger charge is -2.70. The number of carboxylic acids is 1. The number of amides is 1. The van der Waals surface area contributed by atoms with Crippen LogP contribution in [-0.4, -0.2) is 22.0 Å². The highest BCUT2D eigenvalue weighted by molar-refractivity contribution is 6.03. The van der Waals surface area contributed by atoms with Crippen molar-refractivity contribution in [1.29, 1.82) is 0 Å². The van der Waals surface area contributed by atoms with Crippen molar-refractivity contribution in [1.82, 2.24) is 4.98 Å². The number of aromatic nitrogens is 1. The number of carbonyl (C=O) groups is 2. The molecule has 0 unspecified atom stereocenters. The number of anilines is 1. The van der Waals surface area contributed by atoms with Crippen LogP contribution in [0, 0.1) is 44.8 Å². The van der Waals surface area contributed by atoms with Crippen molar-refractivity contribution in [2.45, 2.75) is 112 Å². The molecule has 0 bridgehead atoms. The summed E-state index contributed by atoms with van der Waals surface area (Å²) in [6.45, 7) is 17.5. The first kappa shape index (κ1) is 35.6. The summed E-state index contributed by atoms with van der Waals surface area (Å²) in [6.07, 6.45) is 12.0. The molecule has 0 saturated heterocycles. The van der Waals surface area contributed by atoms with Crippen LogP contribution in [0.2, 0.25) is 0 Å². The maximum Gasteiger partial charge on any atom is 0.337 e. The molecule has 1 amide bonds. The van der Waals surface area contributed by atoms with Gasteiger partial charge in [-0.2, -0.15) is 0 Å². The minimum atomic E-state index is -0.875. The molecule has 3 saturated carbocycles. The number of nitrogens with one attached hydrogen (secondary N) is 2. The highest BCUT2D eigenvalue weighted by Crippen LogP contribution is 2.75. The first-order valence-corrected chi connectivity index (χ1v) is 20.6. The summed E-state index contributed by atoms with van der Waals surface area (Å²) >= 11 is 0. The number of carboxylic acid groups (broad SMARTS) is 1. The summed E-state index contributed by atoms with van der Waals surface area (Å²) in [4.78, 5) is 30.8. The second kappa shape index (κ2) is 11.7. The number of fused-ring (bicyclic) bond motifs is 10. The molecule has 0 radical (unpaired) electrons. The van der Waals surface area contributed by atoms with Crippen LogP contribution in [0.25, 0.3) is 22.0 Å². The Morgan fingerprint density at radius 1 is 0.778 bits per heavy atom. The van der Waals surface area contributed by atoms with Gasteiger partial charge in [-0.25, -0.2) is 4.79 Å². The average molecular weight is 723 g/mol. The number of H-pyrrole nitrogens is 1. The van der Waals surface area contributed by atoms with Gasteiger partial charge in [-0.1, -0.05) is 115 Å². The predicted octanol–water partition coefficient (Wildman–Crippen LogP) is 12.0. The predicted molar refractivity (Wildman–Crippen MR) is 219 cm³/mol. The third-order valence-electron chi connectivity index (χ3n) is 16.8. The fraction of sp³-hybridized carbons (Fsp3) is 0.510. The zero-order valence-electron chi connectivity index (χ0n) is 33.4. The molecule has 0 spiro atoms. The fourth-order valence-corrected chi connectivity index (χ4v) is 13.8. The number of aromatic carboxylic acids is 1. The second-order valence-electron chi connectivity index (χ2n) is 20.2. The van der Waals surface area contributed by atoms with E-state index < -0.39 is 11.4 Å². The molecule has 0 aliphatic heterocycles. The Kier molecular flexibility index (Phi) is 7.71. The van der Waals surface area contributed by atoms with E-state index in [1.807, 2.05) is 12.1 Å². The van der Waals surface area contributed by atoms with Crippen LogP contribution in [0.15, 0.2) is 84.4 Å². The van der Waals surface area contributed by atoms with Gasteiger partial charge < -0.3 is 15.4 Å². The van der Waals surface area contributed by atoms with Crippen molar-refractivity contribution in [2.24, 2.45) is 44.8 Å². The van der Waals surface area contributed by atoms with Crippen molar-refractivity contribution >= 4 is 28.5 Å². The number of para-hydroxylation sites is 1. The number of hydrogen-bond donors (Lipinski definition) is 3. The van der Waals surface area contributed by atoms with Gasteiger partial charge in [0.05, 0.1) is 16.5 Å². The first-order valence-electron chi connectivity index (χ1n) is 20.6. The van der Waals surface area contributed by atoms with Crippen LogP contribution in [0.4, 0.5) is 5.69 Å². The van der Waals surface area contributed by atoms with E-state index in [2.05, 4.69) is 119 Å². The van der Waals surface area contributed by atoms with E-state index in [9.17, 15) is 14.7 Å². The normalized spacial score (nSPS) is 34.6. The van der Waals surface area contributed by atoms with Crippen molar-refractivity contribution < 1.29 is 14.7 Å². The molecule has 5 aliphatic rings. The number of hydrogen-bond acceptors (Lipinski definition) is 2. The molecular weight excluding hydrogens is 665 g/mol. The molecule has 4 aromatic rings. The molecule has 3 fully saturated rings. The number of benzene rings is 3. The van der Waals surface area contributed by atoms with Crippen LogP contribution < -0.4 is 5.32 Å². The van der Waals surface area contributed by atoms with Crippen LogP contribution in [0.5, 0.6) is 0 Å². The molecule has 54 heavy (non-hydrogen) atoms. The molecule has 3 N–H and O–H groups in total. The minimum Gasteiger partial charge on any atom is -0.478 e. The molecule has 9 rings (SSSR count). The van der Waals surface area contributed by atoms with E-state index in [-0.39, 0.29) is 38.9 Å². The van der Waals surface area contributed by atoms with Gasteiger partial charge >= 0.3 is 5.97 Å². The van der Waals surface area contributed by atoms with Gasteiger partial charge in [-0.15, -0.1) is 0 Å². The maximum atomic E-state index is 14.8. The van der Waals surface area contributed by atoms with E-state index in [1.54, 1.807) is 11.6 Å². The van der Waals surface area contributed by atoms with Gasteiger partial charge in [0.1, 0.15) is 0 Å². The van der Waals surface area contributed by atoms with Crippen LogP contribution >= 0.6 is 0 Å². The van der Waals surface area contributed by atoms with E-state index >= 15 is 0 Å². The van der Waals surface area contributed by atoms with E-state index in [4.69, 9.17) is 0 Å². The molecular formula is C49H58N2O3. The number of aromatic amines is 1. The first-order chi connectivity index (χ1) is 25.5. The standard InChI is InChI=1S/C49H58N2O3/c1-44(2)24-26-49(43(54)50-32-18-16-31(17-19-32)30-12-9-8-10-13-30)27-25-47(6)36(37(49)29-44)20-21-39-46(5)28-35-33-14-11-15-34(42(52)53)40(33)51-41(35)45(3,4)38(46)22-23-48(39,47)7/h8-20,37-39,51H,21-29H2,1-7H3,(H,50,54)(H,52,53)/t37-,38-,39+,46-,47+,48+,49-/m0/s1. The van der Waals surface area contributed by atoms with Gasteiger partial charge in [0.25, 0.3) is 0 Å².